The van der Waals surface area contributed by atoms with Gasteiger partial charge in [0.25, 0.3) is 5.91 Å². The van der Waals surface area contributed by atoms with Crippen LogP contribution in [0.1, 0.15) is 10.4 Å². The van der Waals surface area contributed by atoms with Gasteiger partial charge in [-0.15, -0.1) is 10.2 Å². The number of methoxy groups -OCH3 is 2. The van der Waals surface area contributed by atoms with Crippen molar-refractivity contribution in [3.63, 3.8) is 0 Å². The van der Waals surface area contributed by atoms with Gasteiger partial charge in [0.05, 0.1) is 33.1 Å². The van der Waals surface area contributed by atoms with Crippen molar-refractivity contribution in [2.75, 3.05) is 50.7 Å². The summed E-state index contributed by atoms with van der Waals surface area (Å²) in [4.78, 5) is 14.9. The first kappa shape index (κ1) is 20.6. The maximum atomic E-state index is 12.8. The van der Waals surface area contributed by atoms with Gasteiger partial charge in [0.15, 0.2) is 5.82 Å². The summed E-state index contributed by atoms with van der Waals surface area (Å²) in [5, 5.41) is 11.6. The van der Waals surface area contributed by atoms with Gasteiger partial charge in [0.2, 0.25) is 0 Å². The molecule has 1 fully saturated rings. The number of hydrogen-bond donors (Lipinski definition) is 1. The Morgan fingerprint density at radius 2 is 1.71 bits per heavy atom. The second kappa shape index (κ2) is 9.44. The first-order valence-electron chi connectivity index (χ1n) is 9.97. The highest BCUT2D eigenvalue weighted by Gasteiger charge is 2.14. The number of aromatic nitrogens is 2. The Morgan fingerprint density at radius 1 is 0.968 bits per heavy atom. The Kier molecular flexibility index (Phi) is 6.28. The van der Waals surface area contributed by atoms with Gasteiger partial charge in [-0.05, 0) is 36.4 Å². The Bertz CT molecular complexity index is 1030. The maximum Gasteiger partial charge on any atom is 0.255 e. The summed E-state index contributed by atoms with van der Waals surface area (Å²) in [6, 6.07) is 16.4. The summed E-state index contributed by atoms with van der Waals surface area (Å²) < 4.78 is 15.9. The second-order valence-corrected chi connectivity index (χ2v) is 7.01. The molecular formula is C23H24N4O4. The molecule has 3 aromatic rings. The molecular weight excluding hydrogens is 396 g/mol. The third-order valence-corrected chi connectivity index (χ3v) is 5.02. The highest BCUT2D eigenvalue weighted by Crippen LogP contribution is 2.25. The molecule has 0 bridgehead atoms. The van der Waals surface area contributed by atoms with E-state index in [0.717, 1.165) is 30.2 Å². The molecule has 0 unspecified atom stereocenters. The van der Waals surface area contributed by atoms with Crippen LogP contribution < -0.4 is 19.7 Å². The van der Waals surface area contributed by atoms with Crippen molar-refractivity contribution in [1.82, 2.24) is 10.2 Å². The number of carbonyl (C=O) groups is 1. The summed E-state index contributed by atoms with van der Waals surface area (Å²) in [7, 11) is 3.09. The lowest BCUT2D eigenvalue weighted by molar-refractivity contribution is 0.102. The minimum absolute atomic E-state index is 0.261. The first-order valence-corrected chi connectivity index (χ1v) is 9.97. The zero-order valence-corrected chi connectivity index (χ0v) is 17.5. The summed E-state index contributed by atoms with van der Waals surface area (Å²) in [6.45, 7) is 3.02. The lowest BCUT2D eigenvalue weighted by Gasteiger charge is -2.27. The number of morpholine rings is 1. The molecule has 4 rings (SSSR count). The van der Waals surface area contributed by atoms with Crippen molar-refractivity contribution >= 4 is 17.4 Å². The van der Waals surface area contributed by atoms with Crippen molar-refractivity contribution in [2.45, 2.75) is 0 Å². The molecule has 0 saturated carbocycles. The van der Waals surface area contributed by atoms with E-state index in [2.05, 4.69) is 20.4 Å². The number of nitrogens with zero attached hydrogens (tertiary/aromatic N) is 3. The molecule has 8 heteroatoms. The number of hydrogen-bond acceptors (Lipinski definition) is 7. The third kappa shape index (κ3) is 4.92. The van der Waals surface area contributed by atoms with Crippen molar-refractivity contribution in [1.29, 1.82) is 0 Å². The predicted octanol–water partition coefficient (Wildman–Crippen LogP) is 3.25. The van der Waals surface area contributed by atoms with Crippen LogP contribution in [-0.4, -0.2) is 56.6 Å². The Hall–Kier alpha value is -3.65. The van der Waals surface area contributed by atoms with Crippen LogP contribution >= 0.6 is 0 Å². The number of benzene rings is 2. The molecule has 8 nitrogen and oxygen atoms in total. The Balaban J connectivity index is 1.50. The molecule has 0 radical (unpaired) electrons. The van der Waals surface area contributed by atoms with Crippen molar-refractivity contribution in [3.05, 3.63) is 60.2 Å². The smallest absolute Gasteiger partial charge is 0.255 e. The monoisotopic (exact) mass is 420 g/mol. The maximum absolute atomic E-state index is 12.8. The molecule has 1 aromatic heterocycles. The van der Waals surface area contributed by atoms with Gasteiger partial charge in [-0.1, -0.05) is 12.1 Å². The van der Waals surface area contributed by atoms with E-state index in [1.165, 1.54) is 0 Å². The van der Waals surface area contributed by atoms with Crippen molar-refractivity contribution in [2.24, 2.45) is 0 Å². The topological polar surface area (TPSA) is 85.8 Å². The second-order valence-electron chi connectivity index (χ2n) is 7.01. The number of amides is 1. The molecule has 1 N–H and O–H groups in total. The highest BCUT2D eigenvalue weighted by atomic mass is 16.5. The van der Waals surface area contributed by atoms with Crippen LogP contribution in [0.5, 0.6) is 11.5 Å². The van der Waals surface area contributed by atoms with Gasteiger partial charge < -0.3 is 24.4 Å². The van der Waals surface area contributed by atoms with Crippen molar-refractivity contribution < 1.29 is 19.0 Å². The van der Waals surface area contributed by atoms with E-state index in [0.29, 0.717) is 36.0 Å². The minimum Gasteiger partial charge on any atom is -0.497 e. The largest absolute Gasteiger partial charge is 0.497 e. The summed E-state index contributed by atoms with van der Waals surface area (Å²) in [5.41, 5.74) is 2.69. The average molecular weight is 420 g/mol. The van der Waals surface area contributed by atoms with E-state index < -0.39 is 0 Å². The van der Waals surface area contributed by atoms with Crippen LogP contribution in [0.4, 0.5) is 11.5 Å². The molecule has 2 heterocycles. The lowest BCUT2D eigenvalue weighted by Crippen LogP contribution is -2.36. The van der Waals surface area contributed by atoms with Gasteiger partial charge in [0.1, 0.15) is 11.5 Å². The Labute approximate surface area is 180 Å². The SMILES string of the molecule is COc1cc(OC)cc(C(=O)Nc2cccc(-c3ccc(N4CCOCC4)nn3)c2)c1. The Morgan fingerprint density at radius 3 is 2.35 bits per heavy atom. The van der Waals surface area contributed by atoms with E-state index in [4.69, 9.17) is 14.2 Å². The third-order valence-electron chi connectivity index (χ3n) is 5.02. The fourth-order valence-electron chi connectivity index (χ4n) is 3.34. The number of ether oxygens (including phenoxy) is 3. The van der Waals surface area contributed by atoms with Gasteiger partial charge >= 0.3 is 0 Å². The molecule has 31 heavy (non-hydrogen) atoms. The zero-order chi connectivity index (χ0) is 21.6. The first-order chi connectivity index (χ1) is 15.2. The molecule has 1 aliphatic heterocycles. The van der Waals surface area contributed by atoms with Crippen LogP contribution in [0.15, 0.2) is 54.6 Å². The van der Waals surface area contributed by atoms with E-state index in [-0.39, 0.29) is 5.91 Å². The van der Waals surface area contributed by atoms with E-state index in [1.807, 2.05) is 36.4 Å². The average Bonchev–Trinajstić information content (AvgIpc) is 2.84. The molecule has 0 aliphatic carbocycles. The van der Waals surface area contributed by atoms with Crippen LogP contribution in [0.2, 0.25) is 0 Å². The summed E-state index contributed by atoms with van der Waals surface area (Å²) >= 11 is 0. The zero-order valence-electron chi connectivity index (χ0n) is 17.5. The molecule has 160 valence electrons. The van der Waals surface area contributed by atoms with Crippen LogP contribution in [0.3, 0.4) is 0 Å². The number of carbonyl (C=O) groups excluding carboxylic acids is 1. The van der Waals surface area contributed by atoms with E-state index >= 15 is 0 Å². The molecule has 1 amide bonds. The minimum atomic E-state index is -0.261. The van der Waals surface area contributed by atoms with Gasteiger partial charge in [0, 0.05) is 36.0 Å². The number of nitrogens with one attached hydrogen (secondary N) is 1. The van der Waals surface area contributed by atoms with Gasteiger partial charge in [-0.25, -0.2) is 0 Å². The highest BCUT2D eigenvalue weighted by molar-refractivity contribution is 6.05. The normalized spacial score (nSPS) is 13.5. The van der Waals surface area contributed by atoms with Crippen LogP contribution in [-0.2, 0) is 4.74 Å². The summed E-state index contributed by atoms with van der Waals surface area (Å²) in [6.07, 6.45) is 0. The van der Waals surface area contributed by atoms with E-state index in [9.17, 15) is 4.79 Å². The van der Waals surface area contributed by atoms with Gasteiger partial charge in [-0.3, -0.25) is 4.79 Å². The summed E-state index contributed by atoms with van der Waals surface area (Å²) in [5.74, 6) is 1.68. The fraction of sp³-hybridized carbons (Fsp3) is 0.261. The van der Waals surface area contributed by atoms with E-state index in [1.54, 1.807) is 32.4 Å². The molecule has 1 aliphatic rings. The van der Waals surface area contributed by atoms with Gasteiger partial charge in [-0.2, -0.15) is 0 Å². The molecule has 0 spiro atoms. The molecule has 2 aromatic carbocycles. The lowest BCUT2D eigenvalue weighted by atomic mass is 10.1. The molecule has 1 saturated heterocycles. The van der Waals surface area contributed by atoms with Crippen LogP contribution in [0.25, 0.3) is 11.3 Å². The quantitative estimate of drug-likeness (QED) is 0.655. The van der Waals surface area contributed by atoms with Crippen molar-refractivity contribution in [3.8, 4) is 22.8 Å². The number of anilines is 2. The van der Waals surface area contributed by atoms with Crippen LogP contribution in [0, 0.1) is 0 Å². The predicted molar refractivity (Wildman–Crippen MR) is 118 cm³/mol. The number of rotatable bonds is 6. The molecule has 0 atom stereocenters. The fourth-order valence-corrected chi connectivity index (χ4v) is 3.34. The standard InChI is InChI=1S/C23H24N4O4/c1-29-19-13-17(14-20(15-19)30-2)23(28)24-18-5-3-4-16(12-18)21-6-7-22(26-25-21)27-8-10-31-11-9-27/h3-7,12-15H,8-11H2,1-2H3,(H,24,28).